The van der Waals surface area contributed by atoms with Gasteiger partial charge in [0, 0.05) is 29.1 Å². The number of nitrogens with zero attached hydrogens (tertiary/aromatic N) is 1. The van der Waals surface area contributed by atoms with Crippen LogP contribution < -0.4 is 0 Å². The quantitative estimate of drug-likeness (QED) is 0.937. The molecule has 0 saturated carbocycles. The molecule has 0 saturated heterocycles. The van der Waals surface area contributed by atoms with E-state index in [0.29, 0.717) is 6.42 Å². The molecular weight excluding hydrogens is 270 g/mol. The summed E-state index contributed by atoms with van der Waals surface area (Å²) in [5.41, 5.74) is 1.85. The molecule has 4 heteroatoms. The molecule has 0 fully saturated rings. The standard InChI is InChI=1S/C12H12BrNO2/c13-10-4-1-3-9(7-10)12-8-11(16-14-12)5-2-6-15/h1,3-4,7-8,15H,2,5-6H2. The Bertz CT molecular complexity index is 468. The SMILES string of the molecule is OCCCc1cc(-c2cccc(Br)c2)no1. The van der Waals surface area contributed by atoms with Crippen molar-refractivity contribution in [3.05, 3.63) is 40.6 Å². The molecule has 1 aromatic carbocycles. The van der Waals surface area contributed by atoms with Gasteiger partial charge < -0.3 is 9.63 Å². The maximum atomic E-state index is 8.72. The third-order valence-electron chi connectivity index (χ3n) is 2.26. The second kappa shape index (κ2) is 5.27. The van der Waals surface area contributed by atoms with Crippen LogP contribution in [0.15, 0.2) is 39.3 Å². The number of aliphatic hydroxyl groups excluding tert-OH is 1. The van der Waals surface area contributed by atoms with Crippen LogP contribution in [0, 0.1) is 0 Å². The van der Waals surface area contributed by atoms with E-state index >= 15 is 0 Å². The minimum atomic E-state index is 0.174. The highest BCUT2D eigenvalue weighted by atomic mass is 79.9. The van der Waals surface area contributed by atoms with Crippen molar-refractivity contribution in [3.8, 4) is 11.3 Å². The largest absolute Gasteiger partial charge is 0.396 e. The average molecular weight is 282 g/mol. The van der Waals surface area contributed by atoms with Crippen molar-refractivity contribution in [1.29, 1.82) is 0 Å². The highest BCUT2D eigenvalue weighted by Gasteiger charge is 2.06. The van der Waals surface area contributed by atoms with Crippen LogP contribution in [0.5, 0.6) is 0 Å². The van der Waals surface area contributed by atoms with Crippen molar-refractivity contribution in [2.45, 2.75) is 12.8 Å². The molecule has 0 spiro atoms. The van der Waals surface area contributed by atoms with E-state index in [9.17, 15) is 0 Å². The molecule has 0 unspecified atom stereocenters. The maximum Gasteiger partial charge on any atom is 0.137 e. The summed E-state index contributed by atoms with van der Waals surface area (Å²) in [6.07, 6.45) is 1.42. The van der Waals surface area contributed by atoms with Crippen LogP contribution in [-0.2, 0) is 6.42 Å². The van der Waals surface area contributed by atoms with Gasteiger partial charge in [-0.05, 0) is 18.6 Å². The fraction of sp³-hybridized carbons (Fsp3) is 0.250. The fourth-order valence-electron chi connectivity index (χ4n) is 1.47. The van der Waals surface area contributed by atoms with Gasteiger partial charge in [0.2, 0.25) is 0 Å². The number of benzene rings is 1. The number of hydrogen-bond acceptors (Lipinski definition) is 3. The van der Waals surface area contributed by atoms with Gasteiger partial charge in [0.1, 0.15) is 11.5 Å². The summed E-state index contributed by atoms with van der Waals surface area (Å²) >= 11 is 3.42. The number of aromatic nitrogens is 1. The zero-order valence-corrected chi connectivity index (χ0v) is 10.3. The third-order valence-corrected chi connectivity index (χ3v) is 2.75. The van der Waals surface area contributed by atoms with Crippen molar-refractivity contribution in [1.82, 2.24) is 5.16 Å². The highest BCUT2D eigenvalue weighted by molar-refractivity contribution is 9.10. The molecule has 3 nitrogen and oxygen atoms in total. The predicted octanol–water partition coefficient (Wildman–Crippen LogP) is 3.03. The molecule has 1 aromatic heterocycles. The second-order valence-corrected chi connectivity index (χ2v) is 4.43. The minimum absolute atomic E-state index is 0.174. The summed E-state index contributed by atoms with van der Waals surface area (Å²) in [6, 6.07) is 9.82. The summed E-state index contributed by atoms with van der Waals surface area (Å²) in [5, 5.41) is 12.7. The lowest BCUT2D eigenvalue weighted by molar-refractivity contribution is 0.280. The molecule has 16 heavy (non-hydrogen) atoms. The topological polar surface area (TPSA) is 46.3 Å². The van der Waals surface area contributed by atoms with E-state index in [1.807, 2.05) is 30.3 Å². The predicted molar refractivity (Wildman–Crippen MR) is 65.0 cm³/mol. The van der Waals surface area contributed by atoms with Crippen LogP contribution in [0.3, 0.4) is 0 Å². The van der Waals surface area contributed by atoms with Gasteiger partial charge in [-0.1, -0.05) is 33.2 Å². The van der Waals surface area contributed by atoms with E-state index < -0.39 is 0 Å². The Balaban J connectivity index is 2.18. The van der Waals surface area contributed by atoms with Gasteiger partial charge in [-0.25, -0.2) is 0 Å². The number of aliphatic hydroxyl groups is 1. The van der Waals surface area contributed by atoms with Crippen LogP contribution in [0.25, 0.3) is 11.3 Å². The Morgan fingerprint density at radius 2 is 2.19 bits per heavy atom. The first-order valence-electron chi connectivity index (χ1n) is 5.12. The zero-order chi connectivity index (χ0) is 11.4. The van der Waals surface area contributed by atoms with E-state index in [2.05, 4.69) is 21.1 Å². The van der Waals surface area contributed by atoms with Gasteiger partial charge in [-0.15, -0.1) is 0 Å². The molecule has 0 aliphatic rings. The van der Waals surface area contributed by atoms with Gasteiger partial charge >= 0.3 is 0 Å². The van der Waals surface area contributed by atoms with E-state index in [4.69, 9.17) is 9.63 Å². The van der Waals surface area contributed by atoms with Gasteiger partial charge in [0.15, 0.2) is 0 Å². The molecule has 0 amide bonds. The molecule has 0 radical (unpaired) electrons. The molecule has 0 bridgehead atoms. The lowest BCUT2D eigenvalue weighted by Gasteiger charge is -1.94. The second-order valence-electron chi connectivity index (χ2n) is 3.52. The Kier molecular flexibility index (Phi) is 3.74. The Hall–Kier alpha value is -1.13. The van der Waals surface area contributed by atoms with Gasteiger partial charge in [-0.3, -0.25) is 0 Å². The smallest absolute Gasteiger partial charge is 0.137 e. The van der Waals surface area contributed by atoms with Crippen LogP contribution in [0.2, 0.25) is 0 Å². The average Bonchev–Trinajstić information content (AvgIpc) is 2.75. The molecule has 1 heterocycles. The lowest BCUT2D eigenvalue weighted by Crippen LogP contribution is -1.86. The van der Waals surface area contributed by atoms with E-state index in [1.165, 1.54) is 0 Å². The normalized spacial score (nSPS) is 10.6. The molecule has 0 aliphatic carbocycles. The first kappa shape index (κ1) is 11.4. The number of rotatable bonds is 4. The third kappa shape index (κ3) is 2.71. The first-order chi connectivity index (χ1) is 7.79. The highest BCUT2D eigenvalue weighted by Crippen LogP contribution is 2.22. The molecule has 2 rings (SSSR count). The van der Waals surface area contributed by atoms with E-state index in [1.54, 1.807) is 0 Å². The van der Waals surface area contributed by atoms with Crippen LogP contribution in [0.1, 0.15) is 12.2 Å². The fourth-order valence-corrected chi connectivity index (χ4v) is 1.87. The summed E-state index contributed by atoms with van der Waals surface area (Å²) in [6.45, 7) is 0.174. The first-order valence-corrected chi connectivity index (χ1v) is 5.91. The molecule has 1 N–H and O–H groups in total. The van der Waals surface area contributed by atoms with Gasteiger partial charge in [0.05, 0.1) is 0 Å². The lowest BCUT2D eigenvalue weighted by atomic mass is 10.1. The molecule has 2 aromatic rings. The monoisotopic (exact) mass is 281 g/mol. The number of aryl methyl sites for hydroxylation is 1. The van der Waals surface area contributed by atoms with Crippen molar-refractivity contribution in [2.75, 3.05) is 6.61 Å². The van der Waals surface area contributed by atoms with Gasteiger partial charge in [0.25, 0.3) is 0 Å². The molecule has 0 atom stereocenters. The van der Waals surface area contributed by atoms with Crippen LogP contribution in [-0.4, -0.2) is 16.9 Å². The molecule has 0 aliphatic heterocycles. The maximum absolute atomic E-state index is 8.72. The van der Waals surface area contributed by atoms with Crippen molar-refractivity contribution in [2.24, 2.45) is 0 Å². The Labute approximate surface area is 102 Å². The van der Waals surface area contributed by atoms with Crippen molar-refractivity contribution >= 4 is 15.9 Å². The van der Waals surface area contributed by atoms with Crippen molar-refractivity contribution < 1.29 is 9.63 Å². The summed E-state index contributed by atoms with van der Waals surface area (Å²) in [4.78, 5) is 0. The Morgan fingerprint density at radius 1 is 1.31 bits per heavy atom. The summed E-state index contributed by atoms with van der Waals surface area (Å²) in [7, 11) is 0. The van der Waals surface area contributed by atoms with E-state index in [-0.39, 0.29) is 6.61 Å². The van der Waals surface area contributed by atoms with Gasteiger partial charge in [-0.2, -0.15) is 0 Å². The van der Waals surface area contributed by atoms with E-state index in [0.717, 1.165) is 27.9 Å². The summed E-state index contributed by atoms with van der Waals surface area (Å²) in [5.74, 6) is 0.809. The van der Waals surface area contributed by atoms with Crippen molar-refractivity contribution in [3.63, 3.8) is 0 Å². The van der Waals surface area contributed by atoms with Crippen LogP contribution >= 0.6 is 15.9 Å². The summed E-state index contributed by atoms with van der Waals surface area (Å²) < 4.78 is 6.20. The Morgan fingerprint density at radius 3 is 2.94 bits per heavy atom. The number of hydrogen-bond donors (Lipinski definition) is 1. The molecule has 84 valence electrons. The number of halogens is 1. The molecular formula is C12H12BrNO2. The van der Waals surface area contributed by atoms with Crippen LogP contribution in [0.4, 0.5) is 0 Å². The zero-order valence-electron chi connectivity index (χ0n) is 8.69. The minimum Gasteiger partial charge on any atom is -0.396 e.